The van der Waals surface area contributed by atoms with Gasteiger partial charge in [-0.25, -0.2) is 0 Å². The van der Waals surface area contributed by atoms with Gasteiger partial charge in [0.25, 0.3) is 0 Å². The van der Waals surface area contributed by atoms with E-state index >= 15 is 0 Å². The summed E-state index contributed by atoms with van der Waals surface area (Å²) >= 11 is 0. The van der Waals surface area contributed by atoms with Crippen LogP contribution in [-0.2, 0) is 4.79 Å². The minimum Gasteiger partial charge on any atom is -0.369 e. The summed E-state index contributed by atoms with van der Waals surface area (Å²) in [6, 6.07) is 0. The Morgan fingerprint density at radius 2 is 2.08 bits per heavy atom. The molecule has 3 atom stereocenters. The van der Waals surface area contributed by atoms with E-state index in [-0.39, 0.29) is 11.8 Å². The highest BCUT2D eigenvalue weighted by Gasteiger charge is 2.31. The zero-order valence-electron chi connectivity index (χ0n) is 8.75. The van der Waals surface area contributed by atoms with E-state index in [9.17, 15) is 4.79 Å². The third-order valence-corrected chi connectivity index (χ3v) is 3.56. The molecule has 0 radical (unpaired) electrons. The highest BCUT2D eigenvalue weighted by Crippen LogP contribution is 2.36. The molecule has 2 nitrogen and oxygen atoms in total. The van der Waals surface area contributed by atoms with Crippen LogP contribution in [0.4, 0.5) is 0 Å². The number of amides is 1. The molecule has 13 heavy (non-hydrogen) atoms. The van der Waals surface area contributed by atoms with Gasteiger partial charge in [-0.05, 0) is 24.7 Å². The van der Waals surface area contributed by atoms with E-state index in [1.165, 1.54) is 19.3 Å². The van der Waals surface area contributed by atoms with Crippen LogP contribution in [-0.4, -0.2) is 5.91 Å². The van der Waals surface area contributed by atoms with Gasteiger partial charge in [0, 0.05) is 5.92 Å². The Morgan fingerprint density at radius 1 is 1.46 bits per heavy atom. The molecule has 0 aromatic heterocycles. The summed E-state index contributed by atoms with van der Waals surface area (Å²) in [6.07, 6.45) is 5.83. The second kappa shape index (κ2) is 4.64. The summed E-state index contributed by atoms with van der Waals surface area (Å²) in [4.78, 5) is 11.2. The Bertz CT molecular complexity index is 179. The zero-order valence-corrected chi connectivity index (χ0v) is 8.75. The van der Waals surface area contributed by atoms with Crippen LogP contribution in [0.2, 0.25) is 0 Å². The Labute approximate surface area is 80.9 Å². The van der Waals surface area contributed by atoms with E-state index in [1.54, 1.807) is 0 Å². The summed E-state index contributed by atoms with van der Waals surface area (Å²) in [5.74, 6) is 1.28. The van der Waals surface area contributed by atoms with Gasteiger partial charge in [0.1, 0.15) is 0 Å². The fraction of sp³-hybridized carbons (Fsp3) is 0.909. The van der Waals surface area contributed by atoms with Crippen molar-refractivity contribution in [3.05, 3.63) is 0 Å². The minimum absolute atomic E-state index is 0.0787. The van der Waals surface area contributed by atoms with Crippen LogP contribution in [0.3, 0.4) is 0 Å². The Kier molecular flexibility index (Phi) is 3.76. The lowest BCUT2D eigenvalue weighted by Crippen LogP contribution is -2.35. The van der Waals surface area contributed by atoms with Gasteiger partial charge in [0.15, 0.2) is 0 Å². The van der Waals surface area contributed by atoms with Gasteiger partial charge in [-0.15, -0.1) is 0 Å². The number of primary amides is 1. The predicted octanol–water partition coefficient (Wildman–Crippen LogP) is 2.32. The second-order valence-corrected chi connectivity index (χ2v) is 4.34. The maximum atomic E-state index is 11.2. The quantitative estimate of drug-likeness (QED) is 0.717. The van der Waals surface area contributed by atoms with Crippen molar-refractivity contribution in [2.45, 2.75) is 46.0 Å². The first kappa shape index (κ1) is 10.6. The van der Waals surface area contributed by atoms with E-state index in [4.69, 9.17) is 5.73 Å². The molecule has 0 bridgehead atoms. The number of hydrogen-bond acceptors (Lipinski definition) is 1. The molecule has 1 saturated carbocycles. The molecule has 1 rings (SSSR count). The van der Waals surface area contributed by atoms with Crippen LogP contribution in [0.1, 0.15) is 46.0 Å². The summed E-state index contributed by atoms with van der Waals surface area (Å²) in [5.41, 5.74) is 5.41. The maximum Gasteiger partial charge on any atom is 0.220 e. The second-order valence-electron chi connectivity index (χ2n) is 4.34. The first-order chi connectivity index (χ1) is 6.16. The lowest BCUT2D eigenvalue weighted by Gasteiger charge is -2.33. The molecule has 2 heteroatoms. The number of carbonyl (C=O) groups excluding carboxylic acids is 1. The summed E-state index contributed by atoms with van der Waals surface area (Å²) in [7, 11) is 0. The average molecular weight is 183 g/mol. The van der Waals surface area contributed by atoms with Gasteiger partial charge in [-0.3, -0.25) is 4.79 Å². The van der Waals surface area contributed by atoms with Crippen molar-refractivity contribution >= 4 is 5.91 Å². The number of carbonyl (C=O) groups is 1. The van der Waals surface area contributed by atoms with E-state index in [2.05, 4.69) is 13.8 Å². The highest BCUT2D eigenvalue weighted by atomic mass is 16.1. The molecule has 1 aliphatic rings. The molecule has 76 valence electrons. The van der Waals surface area contributed by atoms with Gasteiger partial charge in [0.05, 0.1) is 0 Å². The molecule has 0 spiro atoms. The third-order valence-electron chi connectivity index (χ3n) is 3.56. The lowest BCUT2D eigenvalue weighted by atomic mass is 9.72. The van der Waals surface area contributed by atoms with Gasteiger partial charge >= 0.3 is 0 Å². The molecule has 2 N–H and O–H groups in total. The molecule has 0 aliphatic heterocycles. The molecule has 1 fully saturated rings. The smallest absolute Gasteiger partial charge is 0.220 e. The largest absolute Gasteiger partial charge is 0.369 e. The maximum absolute atomic E-state index is 11.2. The average Bonchev–Trinajstić information content (AvgIpc) is 2.16. The van der Waals surface area contributed by atoms with Crippen molar-refractivity contribution in [2.75, 3.05) is 0 Å². The van der Waals surface area contributed by atoms with E-state index < -0.39 is 0 Å². The molecular weight excluding hydrogens is 162 g/mol. The standard InChI is InChI=1S/C11H21NO/c1-3-8(2)9-6-4-5-7-10(9)11(12)13/h8-10H,3-7H2,1-2H3,(H2,12,13). The molecule has 0 heterocycles. The Morgan fingerprint density at radius 3 is 2.62 bits per heavy atom. The fourth-order valence-corrected chi connectivity index (χ4v) is 2.50. The zero-order chi connectivity index (χ0) is 9.84. The van der Waals surface area contributed by atoms with Crippen molar-refractivity contribution in [3.63, 3.8) is 0 Å². The molecule has 0 aromatic rings. The van der Waals surface area contributed by atoms with Crippen molar-refractivity contribution in [1.82, 2.24) is 0 Å². The van der Waals surface area contributed by atoms with E-state index in [0.29, 0.717) is 11.8 Å². The fourth-order valence-electron chi connectivity index (χ4n) is 2.50. The number of rotatable bonds is 3. The SMILES string of the molecule is CCC(C)C1CCCCC1C(N)=O. The topological polar surface area (TPSA) is 43.1 Å². The first-order valence-corrected chi connectivity index (χ1v) is 5.46. The van der Waals surface area contributed by atoms with Gasteiger partial charge in [0.2, 0.25) is 5.91 Å². The Hall–Kier alpha value is -0.530. The molecular formula is C11H21NO. The molecule has 1 amide bonds. The van der Waals surface area contributed by atoms with Crippen LogP contribution in [0.25, 0.3) is 0 Å². The predicted molar refractivity (Wildman–Crippen MR) is 54.1 cm³/mol. The van der Waals surface area contributed by atoms with Gasteiger partial charge < -0.3 is 5.73 Å². The normalized spacial score (nSPS) is 31.2. The van der Waals surface area contributed by atoms with Crippen molar-refractivity contribution in [3.8, 4) is 0 Å². The lowest BCUT2D eigenvalue weighted by molar-refractivity contribution is -0.125. The summed E-state index contributed by atoms with van der Waals surface area (Å²) in [6.45, 7) is 4.43. The summed E-state index contributed by atoms with van der Waals surface area (Å²) in [5, 5.41) is 0. The monoisotopic (exact) mass is 183 g/mol. The first-order valence-electron chi connectivity index (χ1n) is 5.46. The molecule has 1 aliphatic carbocycles. The molecule has 3 unspecified atom stereocenters. The van der Waals surface area contributed by atoms with Crippen LogP contribution in [0.15, 0.2) is 0 Å². The summed E-state index contributed by atoms with van der Waals surface area (Å²) < 4.78 is 0. The Balaban J connectivity index is 2.61. The van der Waals surface area contributed by atoms with E-state index in [0.717, 1.165) is 12.8 Å². The third kappa shape index (κ3) is 2.45. The van der Waals surface area contributed by atoms with Crippen LogP contribution >= 0.6 is 0 Å². The van der Waals surface area contributed by atoms with Crippen molar-refractivity contribution < 1.29 is 4.79 Å². The number of hydrogen-bond donors (Lipinski definition) is 1. The van der Waals surface area contributed by atoms with E-state index in [1.807, 2.05) is 0 Å². The molecule has 0 aromatic carbocycles. The van der Waals surface area contributed by atoms with Gasteiger partial charge in [-0.1, -0.05) is 33.1 Å². The number of nitrogens with two attached hydrogens (primary N) is 1. The molecule has 0 saturated heterocycles. The van der Waals surface area contributed by atoms with Crippen LogP contribution < -0.4 is 5.73 Å². The highest BCUT2D eigenvalue weighted by molar-refractivity contribution is 5.77. The van der Waals surface area contributed by atoms with Gasteiger partial charge in [-0.2, -0.15) is 0 Å². The van der Waals surface area contributed by atoms with Crippen molar-refractivity contribution in [1.29, 1.82) is 0 Å². The van der Waals surface area contributed by atoms with Crippen LogP contribution in [0, 0.1) is 17.8 Å². The van der Waals surface area contributed by atoms with Crippen LogP contribution in [0.5, 0.6) is 0 Å². The van der Waals surface area contributed by atoms with Crippen molar-refractivity contribution in [2.24, 2.45) is 23.5 Å². The minimum atomic E-state index is -0.0787.